The summed E-state index contributed by atoms with van der Waals surface area (Å²) in [6.45, 7) is 3.72. The summed E-state index contributed by atoms with van der Waals surface area (Å²) in [5.74, 6) is 2.39. The number of hydrogen-bond donors (Lipinski definition) is 0. The zero-order valence-electron chi connectivity index (χ0n) is 19.1. The highest BCUT2D eigenvalue weighted by atomic mass is 16.7. The Morgan fingerprint density at radius 1 is 1.03 bits per heavy atom. The number of aryl methyl sites for hydroxylation is 1. The third-order valence-corrected chi connectivity index (χ3v) is 6.87. The third kappa shape index (κ3) is 3.67. The molecule has 34 heavy (non-hydrogen) atoms. The van der Waals surface area contributed by atoms with Crippen molar-refractivity contribution in [3.8, 4) is 11.5 Å². The van der Waals surface area contributed by atoms with Crippen LogP contribution in [0.15, 0.2) is 60.8 Å². The molecule has 2 aromatic carbocycles. The van der Waals surface area contributed by atoms with Gasteiger partial charge in [0.2, 0.25) is 6.79 Å². The van der Waals surface area contributed by atoms with E-state index in [1.54, 1.807) is 6.07 Å². The molecule has 172 valence electrons. The lowest BCUT2D eigenvalue weighted by Gasteiger charge is -2.33. The number of fused-ring (bicyclic) bond motifs is 2. The molecular weight excluding hydrogens is 428 g/mol. The van der Waals surface area contributed by atoms with Gasteiger partial charge in [-0.05, 0) is 61.2 Å². The molecule has 1 amide bonds. The molecule has 2 aromatic heterocycles. The molecule has 1 fully saturated rings. The summed E-state index contributed by atoms with van der Waals surface area (Å²) in [5.41, 5.74) is 5.02. The van der Waals surface area contributed by atoms with E-state index in [2.05, 4.69) is 40.7 Å². The minimum absolute atomic E-state index is 0.0329. The van der Waals surface area contributed by atoms with Crippen molar-refractivity contribution < 1.29 is 14.3 Å². The molecule has 0 radical (unpaired) electrons. The van der Waals surface area contributed by atoms with Gasteiger partial charge in [0.05, 0.1) is 0 Å². The second kappa shape index (κ2) is 8.48. The minimum Gasteiger partial charge on any atom is -0.454 e. The molecule has 0 unspecified atom stereocenters. The van der Waals surface area contributed by atoms with Crippen molar-refractivity contribution in [2.24, 2.45) is 0 Å². The predicted octanol–water partition coefficient (Wildman–Crippen LogP) is 4.54. The van der Waals surface area contributed by atoms with Crippen molar-refractivity contribution in [3.05, 3.63) is 83.3 Å². The van der Waals surface area contributed by atoms with Gasteiger partial charge >= 0.3 is 0 Å². The molecule has 6 rings (SSSR count). The van der Waals surface area contributed by atoms with E-state index < -0.39 is 0 Å². The Hall–Kier alpha value is -3.87. The zero-order valence-corrected chi connectivity index (χ0v) is 19.1. The van der Waals surface area contributed by atoms with Crippen LogP contribution >= 0.6 is 0 Å². The molecule has 7 heteroatoms. The highest BCUT2D eigenvalue weighted by Gasteiger charge is 2.28. The number of hydrogen-bond acceptors (Lipinski definition) is 5. The quantitative estimate of drug-likeness (QED) is 0.453. The monoisotopic (exact) mass is 454 g/mol. The second-order valence-electron chi connectivity index (χ2n) is 8.94. The van der Waals surface area contributed by atoms with E-state index in [9.17, 15) is 4.79 Å². The number of carbonyl (C=O) groups excluding carboxylic acids is 1. The number of nitrogens with zero attached hydrogens (tertiary/aromatic N) is 4. The maximum absolute atomic E-state index is 13.1. The van der Waals surface area contributed by atoms with Gasteiger partial charge in [0.15, 0.2) is 17.1 Å². The fourth-order valence-corrected chi connectivity index (χ4v) is 5.00. The lowest BCUT2D eigenvalue weighted by Crippen LogP contribution is -2.39. The highest BCUT2D eigenvalue weighted by Crippen LogP contribution is 2.34. The van der Waals surface area contributed by atoms with Crippen LogP contribution in [0, 0.1) is 6.92 Å². The summed E-state index contributed by atoms with van der Waals surface area (Å²) < 4.78 is 13.1. The molecule has 1 saturated heterocycles. The van der Waals surface area contributed by atoms with E-state index in [-0.39, 0.29) is 18.7 Å². The summed E-state index contributed by atoms with van der Waals surface area (Å²) in [5, 5.41) is 0. The normalized spacial score (nSPS) is 15.7. The topological polar surface area (TPSA) is 69.5 Å². The van der Waals surface area contributed by atoms with E-state index >= 15 is 0 Å². The van der Waals surface area contributed by atoms with E-state index in [0.29, 0.717) is 30.2 Å². The lowest BCUT2D eigenvalue weighted by molar-refractivity contribution is 0.0694. The Morgan fingerprint density at radius 3 is 2.71 bits per heavy atom. The molecule has 4 aromatic rings. The Kier molecular flexibility index (Phi) is 5.17. The number of aromatic nitrogens is 3. The molecule has 0 N–H and O–H groups in total. The summed E-state index contributed by atoms with van der Waals surface area (Å²) in [6.07, 6.45) is 4.31. The zero-order chi connectivity index (χ0) is 23.1. The van der Waals surface area contributed by atoms with Crippen LogP contribution in [0.4, 0.5) is 0 Å². The molecule has 0 bridgehead atoms. The van der Waals surface area contributed by atoms with Crippen molar-refractivity contribution in [3.63, 3.8) is 0 Å². The molecular formula is C27H26N4O3. The first-order chi connectivity index (χ1) is 16.7. The van der Waals surface area contributed by atoms with Crippen LogP contribution in [0.25, 0.3) is 11.2 Å². The number of ether oxygens (including phenoxy) is 2. The smallest absolute Gasteiger partial charge is 0.253 e. The average Bonchev–Trinajstić information content (AvgIpc) is 3.49. The highest BCUT2D eigenvalue weighted by molar-refractivity contribution is 5.95. The molecule has 0 atom stereocenters. The minimum atomic E-state index is 0.0329. The number of carbonyl (C=O) groups is 1. The van der Waals surface area contributed by atoms with Crippen molar-refractivity contribution in [1.29, 1.82) is 0 Å². The van der Waals surface area contributed by atoms with Gasteiger partial charge in [-0.1, -0.05) is 24.3 Å². The first-order valence-electron chi connectivity index (χ1n) is 11.7. The van der Waals surface area contributed by atoms with Crippen LogP contribution in [0.1, 0.15) is 46.2 Å². The van der Waals surface area contributed by atoms with Gasteiger partial charge in [-0.2, -0.15) is 0 Å². The Bertz CT molecular complexity index is 1370. The molecule has 7 nitrogen and oxygen atoms in total. The van der Waals surface area contributed by atoms with Gasteiger partial charge < -0.3 is 18.9 Å². The van der Waals surface area contributed by atoms with Gasteiger partial charge in [-0.3, -0.25) is 4.79 Å². The molecule has 0 saturated carbocycles. The van der Waals surface area contributed by atoms with Gasteiger partial charge in [0, 0.05) is 37.3 Å². The molecule has 2 aliphatic rings. The lowest BCUT2D eigenvalue weighted by atomic mass is 10.0. The fraction of sp³-hybridized carbons (Fsp3) is 0.296. The number of pyridine rings is 1. The van der Waals surface area contributed by atoms with E-state index in [1.807, 2.05) is 35.4 Å². The van der Waals surface area contributed by atoms with Crippen molar-refractivity contribution in [2.45, 2.75) is 32.2 Å². The number of benzene rings is 2. The van der Waals surface area contributed by atoms with Crippen molar-refractivity contribution in [1.82, 2.24) is 19.4 Å². The Balaban J connectivity index is 1.24. The van der Waals surface area contributed by atoms with Crippen LogP contribution in [0.3, 0.4) is 0 Å². The van der Waals surface area contributed by atoms with E-state index in [4.69, 9.17) is 14.5 Å². The second-order valence-corrected chi connectivity index (χ2v) is 8.94. The summed E-state index contributed by atoms with van der Waals surface area (Å²) in [4.78, 5) is 24.7. The van der Waals surface area contributed by atoms with Gasteiger partial charge in [0.1, 0.15) is 11.3 Å². The van der Waals surface area contributed by atoms with Gasteiger partial charge in [-0.15, -0.1) is 0 Å². The van der Waals surface area contributed by atoms with Crippen LogP contribution in [0.2, 0.25) is 0 Å². The Morgan fingerprint density at radius 2 is 1.85 bits per heavy atom. The van der Waals surface area contributed by atoms with Crippen molar-refractivity contribution >= 4 is 17.1 Å². The van der Waals surface area contributed by atoms with E-state index in [0.717, 1.165) is 36.3 Å². The number of rotatable bonds is 4. The fourth-order valence-electron chi connectivity index (χ4n) is 5.00. The Labute approximate surface area is 198 Å². The molecule has 0 aliphatic carbocycles. The summed E-state index contributed by atoms with van der Waals surface area (Å²) in [7, 11) is 0. The van der Waals surface area contributed by atoms with Crippen LogP contribution < -0.4 is 9.47 Å². The average molecular weight is 455 g/mol. The predicted molar refractivity (Wildman–Crippen MR) is 128 cm³/mol. The number of imidazole rings is 1. The van der Waals surface area contributed by atoms with E-state index in [1.165, 1.54) is 11.1 Å². The standard InChI is InChI=1S/C27H26N4O3/c1-18-5-2-3-6-19(18)16-25-29-22-7-4-12-28-26(22)31(25)21-10-13-30(14-11-21)27(32)20-8-9-23-24(15-20)34-17-33-23/h2-9,12,15,21H,10-11,13-14,16-17H2,1H3. The van der Waals surface area contributed by atoms with Crippen molar-refractivity contribution in [2.75, 3.05) is 19.9 Å². The largest absolute Gasteiger partial charge is 0.454 e. The summed E-state index contributed by atoms with van der Waals surface area (Å²) >= 11 is 0. The van der Waals surface area contributed by atoms with Gasteiger partial charge in [0.25, 0.3) is 5.91 Å². The van der Waals surface area contributed by atoms with Crippen LogP contribution in [-0.2, 0) is 6.42 Å². The summed E-state index contributed by atoms with van der Waals surface area (Å²) in [6, 6.07) is 18.1. The number of piperidine rings is 1. The number of likely N-dealkylation sites (tertiary alicyclic amines) is 1. The maximum Gasteiger partial charge on any atom is 0.253 e. The van der Waals surface area contributed by atoms with Crippen LogP contribution in [0.5, 0.6) is 11.5 Å². The van der Waals surface area contributed by atoms with Gasteiger partial charge in [-0.25, -0.2) is 9.97 Å². The van der Waals surface area contributed by atoms with Crippen LogP contribution in [-0.4, -0.2) is 45.2 Å². The number of amides is 1. The first-order valence-corrected chi connectivity index (χ1v) is 11.7. The molecule has 0 spiro atoms. The SMILES string of the molecule is Cc1ccccc1Cc1nc2cccnc2n1C1CCN(C(=O)c2ccc3c(c2)OCO3)CC1. The molecule has 2 aliphatic heterocycles. The first kappa shape index (κ1) is 20.7. The third-order valence-electron chi connectivity index (χ3n) is 6.87. The maximum atomic E-state index is 13.1. The molecule has 4 heterocycles.